The molecule has 2 aromatic carbocycles. The van der Waals surface area contributed by atoms with Crippen LogP contribution in [0.3, 0.4) is 0 Å². The topological polar surface area (TPSA) is 16.1 Å². The van der Waals surface area contributed by atoms with E-state index >= 15 is 0 Å². The maximum atomic E-state index is 4.66. The van der Waals surface area contributed by atoms with E-state index in [1.807, 2.05) is 18.3 Å². The van der Waals surface area contributed by atoms with Crippen LogP contribution in [-0.4, -0.2) is 4.98 Å². The van der Waals surface area contributed by atoms with Gasteiger partial charge in [0.2, 0.25) is 0 Å². The molecule has 26 heavy (non-hydrogen) atoms. The smallest absolute Gasteiger partial charge is 0.0942 e. The molecule has 0 aliphatic heterocycles. The molecule has 128 valence electrons. The number of anilines is 2. The molecule has 0 saturated heterocycles. The van der Waals surface area contributed by atoms with Gasteiger partial charge in [0.25, 0.3) is 0 Å². The fourth-order valence-corrected chi connectivity index (χ4v) is 3.23. The summed E-state index contributed by atoms with van der Waals surface area (Å²) < 4.78 is 0. The fraction of sp³-hybridized carbons (Fsp3) is 0.125. The second kappa shape index (κ2) is 6.64. The molecule has 0 atom stereocenters. The Balaban J connectivity index is 1.93. The van der Waals surface area contributed by atoms with Gasteiger partial charge in [0.15, 0.2) is 0 Å². The van der Waals surface area contributed by atoms with E-state index in [2.05, 4.69) is 103 Å². The molecule has 0 fully saturated rings. The number of pyridine rings is 1. The van der Waals surface area contributed by atoms with Crippen LogP contribution in [0.1, 0.15) is 13.8 Å². The summed E-state index contributed by atoms with van der Waals surface area (Å²) in [5.41, 5.74) is 4.36. The first-order valence-corrected chi connectivity index (χ1v) is 8.92. The third-order valence-electron chi connectivity index (χ3n) is 4.60. The van der Waals surface area contributed by atoms with Crippen LogP contribution < -0.4 is 4.90 Å². The number of hydrogen-bond donors (Lipinski definition) is 0. The highest BCUT2D eigenvalue weighted by Crippen LogP contribution is 2.36. The van der Waals surface area contributed by atoms with Crippen LogP contribution in [0.4, 0.5) is 11.4 Å². The number of para-hydroxylation sites is 2. The van der Waals surface area contributed by atoms with Crippen molar-refractivity contribution >= 4 is 22.3 Å². The Morgan fingerprint density at radius 1 is 0.846 bits per heavy atom. The Kier molecular flexibility index (Phi) is 4.18. The van der Waals surface area contributed by atoms with Crippen molar-refractivity contribution in [2.75, 3.05) is 4.90 Å². The van der Waals surface area contributed by atoms with E-state index in [0.717, 1.165) is 28.0 Å². The van der Waals surface area contributed by atoms with E-state index in [4.69, 9.17) is 0 Å². The Hall–Kier alpha value is -3.13. The molecule has 4 rings (SSSR count). The van der Waals surface area contributed by atoms with Crippen molar-refractivity contribution in [3.63, 3.8) is 0 Å². The van der Waals surface area contributed by atoms with Gasteiger partial charge >= 0.3 is 0 Å². The molecular weight excluding hydrogens is 316 g/mol. The predicted molar refractivity (Wildman–Crippen MR) is 110 cm³/mol. The number of allylic oxidation sites excluding steroid dienone is 5. The Bertz CT molecular complexity index is 1010. The minimum Gasteiger partial charge on any atom is -0.308 e. The molecular formula is C24H22N2. The number of nitrogens with zero attached hydrogens (tertiary/aromatic N) is 2. The molecule has 0 unspecified atom stereocenters. The number of aromatic nitrogens is 1. The third-order valence-corrected chi connectivity index (χ3v) is 4.60. The highest BCUT2D eigenvalue weighted by atomic mass is 15.2. The van der Waals surface area contributed by atoms with E-state index in [1.54, 1.807) is 0 Å². The molecule has 0 bridgehead atoms. The van der Waals surface area contributed by atoms with Crippen LogP contribution >= 0.6 is 0 Å². The second-order valence-corrected chi connectivity index (χ2v) is 7.13. The van der Waals surface area contributed by atoms with E-state index in [-0.39, 0.29) is 5.41 Å². The zero-order valence-corrected chi connectivity index (χ0v) is 15.1. The maximum absolute atomic E-state index is 4.66. The molecule has 1 aliphatic carbocycles. The average molecular weight is 338 g/mol. The molecule has 1 aliphatic rings. The first-order chi connectivity index (χ1) is 12.6. The highest BCUT2D eigenvalue weighted by Gasteiger charge is 2.18. The second-order valence-electron chi connectivity index (χ2n) is 7.13. The molecule has 0 spiro atoms. The fourth-order valence-electron chi connectivity index (χ4n) is 3.23. The Labute approximate surface area is 154 Å². The van der Waals surface area contributed by atoms with Crippen molar-refractivity contribution in [2.24, 2.45) is 5.41 Å². The van der Waals surface area contributed by atoms with E-state index in [9.17, 15) is 0 Å². The maximum Gasteiger partial charge on any atom is 0.0942 e. The summed E-state index contributed by atoms with van der Waals surface area (Å²) in [6, 6.07) is 20.9. The van der Waals surface area contributed by atoms with Crippen LogP contribution in [0.15, 0.2) is 103 Å². The van der Waals surface area contributed by atoms with E-state index in [0.29, 0.717) is 0 Å². The lowest BCUT2D eigenvalue weighted by atomic mass is 9.93. The first-order valence-electron chi connectivity index (χ1n) is 8.92. The number of hydrogen-bond acceptors (Lipinski definition) is 2. The summed E-state index contributed by atoms with van der Waals surface area (Å²) in [4.78, 5) is 6.94. The highest BCUT2D eigenvalue weighted by molar-refractivity contribution is 5.94. The van der Waals surface area contributed by atoms with Crippen LogP contribution in [0.25, 0.3) is 10.9 Å². The van der Waals surface area contributed by atoms with Gasteiger partial charge in [-0.25, -0.2) is 0 Å². The Morgan fingerprint density at radius 3 is 2.50 bits per heavy atom. The van der Waals surface area contributed by atoms with Crippen molar-refractivity contribution in [1.82, 2.24) is 4.98 Å². The summed E-state index contributed by atoms with van der Waals surface area (Å²) >= 11 is 0. The SMILES string of the molecule is CC1(C)C=CC=C(N(c2ccccc2)c2cccc3cccnc23)C=C1. The molecule has 0 amide bonds. The quantitative estimate of drug-likeness (QED) is 0.548. The van der Waals surface area contributed by atoms with Crippen molar-refractivity contribution < 1.29 is 0 Å². The number of fused-ring (bicyclic) bond motifs is 1. The summed E-state index contributed by atoms with van der Waals surface area (Å²) in [6.45, 7) is 4.42. The lowest BCUT2D eigenvalue weighted by Gasteiger charge is -2.27. The van der Waals surface area contributed by atoms with Crippen molar-refractivity contribution in [3.05, 3.63) is 103 Å². The zero-order valence-electron chi connectivity index (χ0n) is 15.1. The van der Waals surface area contributed by atoms with E-state index < -0.39 is 0 Å². The van der Waals surface area contributed by atoms with Crippen molar-refractivity contribution in [2.45, 2.75) is 13.8 Å². The number of rotatable bonds is 3. The van der Waals surface area contributed by atoms with Gasteiger partial charge in [-0.1, -0.05) is 68.5 Å². The van der Waals surface area contributed by atoms with Gasteiger partial charge in [-0.05, 0) is 36.4 Å². The van der Waals surface area contributed by atoms with Crippen LogP contribution in [-0.2, 0) is 0 Å². The van der Waals surface area contributed by atoms with Gasteiger partial charge in [-0.2, -0.15) is 0 Å². The number of benzene rings is 2. The third kappa shape index (κ3) is 3.18. The molecule has 0 N–H and O–H groups in total. The molecule has 2 nitrogen and oxygen atoms in total. The lowest BCUT2D eigenvalue weighted by Crippen LogP contribution is -2.16. The van der Waals surface area contributed by atoms with E-state index in [1.165, 1.54) is 0 Å². The standard InChI is InChI=1S/C24H22N2/c1-24(2)16-7-13-21(15-17-24)26(20-11-4-3-5-12-20)22-14-6-9-19-10-8-18-25-23(19)22/h3-18H,1-2H3. The molecule has 1 aromatic heterocycles. The Morgan fingerprint density at radius 2 is 1.65 bits per heavy atom. The lowest BCUT2D eigenvalue weighted by molar-refractivity contribution is 0.627. The molecule has 1 heterocycles. The van der Waals surface area contributed by atoms with Crippen LogP contribution in [0, 0.1) is 5.41 Å². The molecule has 3 aromatic rings. The van der Waals surface area contributed by atoms with Crippen LogP contribution in [0.2, 0.25) is 0 Å². The predicted octanol–water partition coefficient (Wildman–Crippen LogP) is 6.41. The van der Waals surface area contributed by atoms with Gasteiger partial charge in [0, 0.05) is 28.4 Å². The van der Waals surface area contributed by atoms with Gasteiger partial charge in [-0.3, -0.25) is 4.98 Å². The van der Waals surface area contributed by atoms with Gasteiger partial charge < -0.3 is 4.90 Å². The summed E-state index contributed by atoms with van der Waals surface area (Å²) in [5.74, 6) is 0. The zero-order chi connectivity index (χ0) is 18.0. The van der Waals surface area contributed by atoms with Gasteiger partial charge in [0.05, 0.1) is 11.2 Å². The molecule has 0 radical (unpaired) electrons. The minimum absolute atomic E-state index is 0.0393. The molecule has 0 saturated carbocycles. The van der Waals surface area contributed by atoms with Gasteiger partial charge in [-0.15, -0.1) is 0 Å². The summed E-state index contributed by atoms with van der Waals surface area (Å²) in [7, 11) is 0. The van der Waals surface area contributed by atoms with Crippen molar-refractivity contribution in [3.8, 4) is 0 Å². The monoisotopic (exact) mass is 338 g/mol. The normalized spacial score (nSPS) is 15.5. The molecule has 2 heteroatoms. The minimum atomic E-state index is 0.0393. The van der Waals surface area contributed by atoms with Crippen molar-refractivity contribution in [1.29, 1.82) is 0 Å². The van der Waals surface area contributed by atoms with Gasteiger partial charge in [0.1, 0.15) is 0 Å². The van der Waals surface area contributed by atoms with Crippen LogP contribution in [0.5, 0.6) is 0 Å². The average Bonchev–Trinajstić information content (AvgIpc) is 2.84. The largest absolute Gasteiger partial charge is 0.308 e. The first kappa shape index (κ1) is 16.3. The summed E-state index contributed by atoms with van der Waals surface area (Å²) in [5, 5.41) is 1.14. The summed E-state index contributed by atoms with van der Waals surface area (Å²) in [6.07, 6.45) is 12.8.